The molecule has 0 fully saturated rings. The van der Waals surface area contributed by atoms with Gasteiger partial charge < -0.3 is 10.2 Å². The maximum Gasteiger partial charge on any atom is 0.264 e. The number of amides is 2. The summed E-state index contributed by atoms with van der Waals surface area (Å²) in [4.78, 5) is 28.4. The molecule has 0 aromatic heterocycles. The normalized spacial score (nSPS) is 12.1. The zero-order valence-corrected chi connectivity index (χ0v) is 25.8. The van der Waals surface area contributed by atoms with Gasteiger partial charge in [-0.15, -0.1) is 0 Å². The zero-order chi connectivity index (χ0) is 29.4. The van der Waals surface area contributed by atoms with Crippen LogP contribution in [0.3, 0.4) is 0 Å². The molecule has 3 rings (SSSR count). The van der Waals surface area contributed by atoms with Crippen molar-refractivity contribution in [2.45, 2.75) is 44.2 Å². The summed E-state index contributed by atoms with van der Waals surface area (Å²) in [6.07, 6.45) is 0.971. The van der Waals surface area contributed by atoms with Crippen molar-refractivity contribution in [3.05, 3.63) is 92.4 Å². The molecule has 0 heterocycles. The standard InChI is InChI=1S/C28H29Cl4N3O4S/c1-3-15-33-28(37)26(4-2)34(17-23-24(31)9-6-10-25(23)32)27(36)18-35(21-8-5-7-20(30)16-21)40(38,39)22-13-11-19(29)12-14-22/h5-14,16,26H,3-4,15,17-18H2,1-2H3,(H,33,37)/t26-/m1/s1. The number of benzene rings is 3. The highest BCUT2D eigenvalue weighted by atomic mass is 35.5. The summed E-state index contributed by atoms with van der Waals surface area (Å²) in [6, 6.07) is 15.8. The van der Waals surface area contributed by atoms with Crippen molar-refractivity contribution in [2.24, 2.45) is 0 Å². The van der Waals surface area contributed by atoms with E-state index < -0.39 is 28.5 Å². The van der Waals surface area contributed by atoms with Crippen LogP contribution in [0.1, 0.15) is 32.3 Å². The molecule has 0 saturated heterocycles. The largest absolute Gasteiger partial charge is 0.354 e. The van der Waals surface area contributed by atoms with Crippen LogP contribution in [0.2, 0.25) is 20.1 Å². The van der Waals surface area contributed by atoms with E-state index in [0.29, 0.717) is 33.6 Å². The van der Waals surface area contributed by atoms with Crippen molar-refractivity contribution in [2.75, 3.05) is 17.4 Å². The Hall–Kier alpha value is -2.49. The summed E-state index contributed by atoms with van der Waals surface area (Å²) in [5.41, 5.74) is 0.616. The molecule has 0 unspecified atom stereocenters. The SMILES string of the molecule is CCCNC(=O)[C@@H](CC)N(Cc1c(Cl)cccc1Cl)C(=O)CN(c1cccc(Cl)c1)S(=O)(=O)c1ccc(Cl)cc1. The van der Waals surface area contributed by atoms with E-state index in [1.165, 1.54) is 41.3 Å². The molecule has 0 aliphatic rings. The molecule has 1 N–H and O–H groups in total. The van der Waals surface area contributed by atoms with E-state index in [1.807, 2.05) is 6.92 Å². The van der Waals surface area contributed by atoms with Crippen molar-refractivity contribution in [3.63, 3.8) is 0 Å². The van der Waals surface area contributed by atoms with Crippen molar-refractivity contribution in [3.8, 4) is 0 Å². The third-order valence-corrected chi connectivity index (χ3v) is 9.09. The summed E-state index contributed by atoms with van der Waals surface area (Å²) in [7, 11) is -4.26. The van der Waals surface area contributed by atoms with Crippen LogP contribution in [0, 0.1) is 0 Å². The molecule has 12 heteroatoms. The first-order valence-corrected chi connectivity index (χ1v) is 15.5. The number of anilines is 1. The zero-order valence-electron chi connectivity index (χ0n) is 21.9. The van der Waals surface area contributed by atoms with Crippen molar-refractivity contribution in [1.82, 2.24) is 10.2 Å². The van der Waals surface area contributed by atoms with E-state index >= 15 is 0 Å². The highest BCUT2D eigenvalue weighted by Gasteiger charge is 2.34. The van der Waals surface area contributed by atoms with Gasteiger partial charge in [0.1, 0.15) is 12.6 Å². The Kier molecular flexibility index (Phi) is 11.5. The van der Waals surface area contributed by atoms with E-state index in [-0.39, 0.29) is 34.5 Å². The molecule has 0 saturated carbocycles. The summed E-state index contributed by atoms with van der Waals surface area (Å²) in [5.74, 6) is -0.997. The number of sulfonamides is 1. The van der Waals surface area contributed by atoms with E-state index in [1.54, 1.807) is 37.3 Å². The van der Waals surface area contributed by atoms with Gasteiger partial charge in [-0.05, 0) is 67.4 Å². The summed E-state index contributed by atoms with van der Waals surface area (Å²) in [6.45, 7) is 3.37. The Morgan fingerprint density at radius 3 is 2.08 bits per heavy atom. The highest BCUT2D eigenvalue weighted by Crippen LogP contribution is 2.30. The Balaban J connectivity index is 2.09. The van der Waals surface area contributed by atoms with Crippen molar-refractivity contribution >= 4 is 73.9 Å². The van der Waals surface area contributed by atoms with Crippen LogP contribution in [0.5, 0.6) is 0 Å². The van der Waals surface area contributed by atoms with E-state index in [9.17, 15) is 18.0 Å². The number of hydrogen-bond acceptors (Lipinski definition) is 4. The molecule has 2 amide bonds. The molecule has 0 bridgehead atoms. The lowest BCUT2D eigenvalue weighted by atomic mass is 10.1. The summed E-state index contributed by atoms with van der Waals surface area (Å²) in [5, 5.41) is 4.10. The molecule has 0 spiro atoms. The molecule has 1 atom stereocenters. The molecule has 0 radical (unpaired) electrons. The lowest BCUT2D eigenvalue weighted by molar-refractivity contribution is -0.140. The number of carbonyl (C=O) groups is 2. The molecule has 3 aromatic carbocycles. The monoisotopic (exact) mass is 643 g/mol. The fraction of sp³-hybridized carbons (Fsp3) is 0.286. The molecule has 0 aliphatic heterocycles. The number of hydrogen-bond donors (Lipinski definition) is 1. The van der Waals surface area contributed by atoms with Crippen LogP contribution >= 0.6 is 46.4 Å². The second kappa shape index (κ2) is 14.4. The smallest absolute Gasteiger partial charge is 0.264 e. The van der Waals surface area contributed by atoms with E-state index in [4.69, 9.17) is 46.4 Å². The van der Waals surface area contributed by atoms with Crippen LogP contribution in [-0.4, -0.2) is 44.3 Å². The molecule has 0 aliphatic carbocycles. The first-order valence-electron chi connectivity index (χ1n) is 12.5. The number of rotatable bonds is 12. The van der Waals surface area contributed by atoms with Crippen molar-refractivity contribution in [1.29, 1.82) is 0 Å². The van der Waals surface area contributed by atoms with Gasteiger partial charge in [-0.2, -0.15) is 0 Å². The molecular formula is C28H29Cl4N3O4S. The van der Waals surface area contributed by atoms with Crippen LogP contribution in [-0.2, 0) is 26.2 Å². The third-order valence-electron chi connectivity index (χ3n) is 6.10. The first-order chi connectivity index (χ1) is 19.0. The minimum atomic E-state index is -4.26. The lowest BCUT2D eigenvalue weighted by Gasteiger charge is -2.33. The lowest BCUT2D eigenvalue weighted by Crippen LogP contribution is -2.52. The van der Waals surface area contributed by atoms with E-state index in [2.05, 4.69) is 5.32 Å². The second-order valence-electron chi connectivity index (χ2n) is 8.88. The Labute approximate surface area is 255 Å². The summed E-state index contributed by atoms with van der Waals surface area (Å²) < 4.78 is 28.6. The molecule has 7 nitrogen and oxygen atoms in total. The first kappa shape index (κ1) is 32.0. The number of carbonyl (C=O) groups excluding carboxylic acids is 2. The maximum atomic E-state index is 14.0. The van der Waals surface area contributed by atoms with Gasteiger partial charge in [0, 0.05) is 38.7 Å². The molecule has 3 aromatic rings. The Morgan fingerprint density at radius 1 is 0.875 bits per heavy atom. The van der Waals surface area contributed by atoms with Crippen LogP contribution in [0.25, 0.3) is 0 Å². The highest BCUT2D eigenvalue weighted by molar-refractivity contribution is 7.92. The molecular weight excluding hydrogens is 616 g/mol. The van der Waals surface area contributed by atoms with Gasteiger partial charge in [-0.3, -0.25) is 13.9 Å². The predicted molar refractivity (Wildman–Crippen MR) is 162 cm³/mol. The topological polar surface area (TPSA) is 86.8 Å². The predicted octanol–water partition coefficient (Wildman–Crippen LogP) is 6.83. The van der Waals surface area contributed by atoms with Gasteiger partial charge >= 0.3 is 0 Å². The fourth-order valence-electron chi connectivity index (χ4n) is 4.03. The van der Waals surface area contributed by atoms with Gasteiger partial charge in [-0.25, -0.2) is 8.42 Å². The minimum Gasteiger partial charge on any atom is -0.354 e. The van der Waals surface area contributed by atoms with Crippen molar-refractivity contribution < 1.29 is 18.0 Å². The van der Waals surface area contributed by atoms with Gasteiger partial charge in [0.25, 0.3) is 10.0 Å². The molecule has 214 valence electrons. The minimum absolute atomic E-state index is 0.0712. The van der Waals surface area contributed by atoms with Gasteiger partial charge in [-0.1, -0.05) is 72.4 Å². The van der Waals surface area contributed by atoms with Gasteiger partial charge in [0.15, 0.2) is 0 Å². The van der Waals surface area contributed by atoms with Gasteiger partial charge in [0.05, 0.1) is 10.6 Å². The number of nitrogens with zero attached hydrogens (tertiary/aromatic N) is 2. The van der Waals surface area contributed by atoms with Crippen LogP contribution in [0.4, 0.5) is 5.69 Å². The average Bonchev–Trinajstić information content (AvgIpc) is 2.92. The Bertz CT molecular complexity index is 1430. The summed E-state index contributed by atoms with van der Waals surface area (Å²) >= 11 is 25.0. The van der Waals surface area contributed by atoms with Crippen LogP contribution in [0.15, 0.2) is 71.6 Å². The fourth-order valence-corrected chi connectivity index (χ4v) is 6.27. The number of nitrogens with one attached hydrogen (secondary N) is 1. The van der Waals surface area contributed by atoms with Crippen LogP contribution < -0.4 is 9.62 Å². The second-order valence-corrected chi connectivity index (χ2v) is 12.4. The third kappa shape index (κ3) is 7.83. The van der Waals surface area contributed by atoms with Gasteiger partial charge in [0.2, 0.25) is 11.8 Å². The Morgan fingerprint density at radius 2 is 1.50 bits per heavy atom. The van der Waals surface area contributed by atoms with E-state index in [0.717, 1.165) is 4.31 Å². The molecule has 40 heavy (non-hydrogen) atoms. The maximum absolute atomic E-state index is 14.0. The number of halogens is 4. The average molecular weight is 645 g/mol. The quantitative estimate of drug-likeness (QED) is 0.234.